The van der Waals surface area contributed by atoms with Gasteiger partial charge in [-0.1, -0.05) is 29.3 Å². The largest absolute Gasteiger partial charge is 0.490 e. The lowest BCUT2D eigenvalue weighted by molar-refractivity contribution is 0.0472. The van der Waals surface area contributed by atoms with Crippen LogP contribution in [0.3, 0.4) is 0 Å². The third-order valence-corrected chi connectivity index (χ3v) is 4.26. The summed E-state index contributed by atoms with van der Waals surface area (Å²) in [6, 6.07) is 8.26. The van der Waals surface area contributed by atoms with Crippen LogP contribution in [0.1, 0.15) is 36.7 Å². The van der Waals surface area contributed by atoms with Gasteiger partial charge in [0.05, 0.1) is 25.4 Å². The van der Waals surface area contributed by atoms with Gasteiger partial charge in [0.25, 0.3) is 0 Å². The van der Waals surface area contributed by atoms with Crippen molar-refractivity contribution in [2.45, 2.75) is 27.4 Å². The zero-order valence-corrected chi connectivity index (χ0v) is 17.0. The summed E-state index contributed by atoms with van der Waals surface area (Å²) in [6.07, 6.45) is 0. The van der Waals surface area contributed by atoms with E-state index in [9.17, 15) is 4.79 Å². The summed E-state index contributed by atoms with van der Waals surface area (Å²) in [5.41, 5.74) is 0.837. The average Bonchev–Trinajstić information content (AvgIpc) is 2.64. The predicted octanol–water partition coefficient (Wildman–Crippen LogP) is 5.55. The van der Waals surface area contributed by atoms with Crippen LogP contribution in [0.2, 0.25) is 10.0 Å². The van der Waals surface area contributed by atoms with Gasteiger partial charge >= 0.3 is 5.97 Å². The van der Waals surface area contributed by atoms with Gasteiger partial charge in [-0.05, 0) is 45.0 Å². The number of rotatable bonds is 9. The van der Waals surface area contributed by atoms with Crippen molar-refractivity contribution in [3.8, 4) is 17.2 Å². The number of esters is 1. The van der Waals surface area contributed by atoms with E-state index < -0.39 is 5.97 Å². The van der Waals surface area contributed by atoms with Crippen LogP contribution in [-0.4, -0.2) is 25.8 Å². The molecule has 0 atom stereocenters. The topological polar surface area (TPSA) is 54.0 Å². The van der Waals surface area contributed by atoms with Gasteiger partial charge in [0.15, 0.2) is 11.5 Å². The number of carbonyl (C=O) groups excluding carboxylic acids is 1. The Labute approximate surface area is 169 Å². The van der Waals surface area contributed by atoms with Crippen LogP contribution in [0.5, 0.6) is 17.2 Å². The quantitative estimate of drug-likeness (QED) is 0.505. The molecule has 0 heterocycles. The van der Waals surface area contributed by atoms with Gasteiger partial charge in [0.1, 0.15) is 6.61 Å². The summed E-state index contributed by atoms with van der Waals surface area (Å²) in [6.45, 7) is 6.79. The maximum atomic E-state index is 12.6. The minimum absolute atomic E-state index is 0.0432. The van der Waals surface area contributed by atoms with Crippen molar-refractivity contribution in [3.05, 3.63) is 51.5 Å². The normalized spacial score (nSPS) is 10.4. The third kappa shape index (κ3) is 5.44. The Bertz CT molecular complexity index is 745. The molecule has 0 aliphatic rings. The minimum Gasteiger partial charge on any atom is -0.490 e. The van der Waals surface area contributed by atoms with Gasteiger partial charge in [-0.15, -0.1) is 0 Å². The van der Waals surface area contributed by atoms with E-state index in [-0.39, 0.29) is 12.2 Å². The Hall–Kier alpha value is -2.11. The van der Waals surface area contributed by atoms with Crippen LogP contribution in [0.25, 0.3) is 0 Å². The van der Waals surface area contributed by atoms with Crippen molar-refractivity contribution in [3.63, 3.8) is 0 Å². The minimum atomic E-state index is -0.545. The van der Waals surface area contributed by atoms with E-state index >= 15 is 0 Å². The molecule has 0 aromatic heterocycles. The molecular formula is C20H22Cl2O5. The number of hydrogen-bond donors (Lipinski definition) is 0. The molecule has 2 aromatic carbocycles. The fourth-order valence-electron chi connectivity index (χ4n) is 2.40. The molecule has 2 aromatic rings. The van der Waals surface area contributed by atoms with Gasteiger partial charge in [0.2, 0.25) is 5.75 Å². The fourth-order valence-corrected chi connectivity index (χ4v) is 2.90. The highest BCUT2D eigenvalue weighted by Crippen LogP contribution is 2.39. The number of benzene rings is 2. The van der Waals surface area contributed by atoms with Crippen molar-refractivity contribution in [2.75, 3.05) is 19.8 Å². The number of halogens is 2. The van der Waals surface area contributed by atoms with Crippen LogP contribution in [0, 0.1) is 0 Å². The van der Waals surface area contributed by atoms with E-state index in [1.807, 2.05) is 20.8 Å². The zero-order valence-electron chi connectivity index (χ0n) is 15.5. The Balaban J connectivity index is 2.29. The van der Waals surface area contributed by atoms with E-state index in [4.69, 9.17) is 42.1 Å². The van der Waals surface area contributed by atoms with Crippen molar-refractivity contribution in [1.29, 1.82) is 0 Å². The summed E-state index contributed by atoms with van der Waals surface area (Å²) < 4.78 is 22.2. The number of carbonyl (C=O) groups is 1. The zero-order chi connectivity index (χ0) is 19.8. The molecule has 7 heteroatoms. The number of ether oxygens (including phenoxy) is 4. The highest BCUT2D eigenvalue weighted by molar-refractivity contribution is 6.35. The van der Waals surface area contributed by atoms with E-state index in [0.29, 0.717) is 52.7 Å². The van der Waals surface area contributed by atoms with Gasteiger partial charge in [-0.25, -0.2) is 4.79 Å². The first-order chi connectivity index (χ1) is 13.0. The van der Waals surface area contributed by atoms with E-state index in [0.717, 1.165) is 0 Å². The Kier molecular flexibility index (Phi) is 8.07. The van der Waals surface area contributed by atoms with Crippen molar-refractivity contribution in [2.24, 2.45) is 0 Å². The summed E-state index contributed by atoms with van der Waals surface area (Å²) in [5.74, 6) is 0.767. The summed E-state index contributed by atoms with van der Waals surface area (Å²) in [7, 11) is 0. The van der Waals surface area contributed by atoms with Crippen LogP contribution in [0.4, 0.5) is 0 Å². The second-order valence-electron chi connectivity index (χ2n) is 5.38. The first kappa shape index (κ1) is 21.2. The average molecular weight is 413 g/mol. The molecule has 2 rings (SSSR count). The lowest BCUT2D eigenvalue weighted by Gasteiger charge is -2.17. The fraction of sp³-hybridized carbons (Fsp3) is 0.350. The second kappa shape index (κ2) is 10.3. The molecule has 0 N–H and O–H groups in total. The summed E-state index contributed by atoms with van der Waals surface area (Å²) in [5, 5.41) is 0.874. The first-order valence-corrected chi connectivity index (χ1v) is 9.43. The molecule has 146 valence electrons. The van der Waals surface area contributed by atoms with E-state index in [2.05, 4.69) is 0 Å². The van der Waals surface area contributed by atoms with Crippen LogP contribution < -0.4 is 14.2 Å². The highest BCUT2D eigenvalue weighted by Gasteiger charge is 2.19. The summed E-state index contributed by atoms with van der Waals surface area (Å²) in [4.78, 5) is 12.6. The van der Waals surface area contributed by atoms with Gasteiger partial charge in [-0.2, -0.15) is 0 Å². The molecule has 0 aliphatic carbocycles. The molecule has 0 saturated heterocycles. The maximum absolute atomic E-state index is 12.6. The van der Waals surface area contributed by atoms with E-state index in [1.54, 1.807) is 30.3 Å². The Morgan fingerprint density at radius 3 is 1.89 bits per heavy atom. The third-order valence-electron chi connectivity index (χ3n) is 3.55. The monoisotopic (exact) mass is 412 g/mol. The molecule has 0 aliphatic heterocycles. The van der Waals surface area contributed by atoms with Crippen LogP contribution >= 0.6 is 23.2 Å². The van der Waals surface area contributed by atoms with Crippen molar-refractivity contribution in [1.82, 2.24) is 0 Å². The standard InChI is InChI=1S/C20H22Cl2O5/c1-4-24-17-10-13(11-18(25-5-2)19(17)26-6-3)20(23)27-12-14-15(21)8-7-9-16(14)22/h7-11H,4-6,12H2,1-3H3. The molecule has 0 fully saturated rings. The molecule has 27 heavy (non-hydrogen) atoms. The van der Waals surface area contributed by atoms with Gasteiger partial charge in [0, 0.05) is 15.6 Å². The maximum Gasteiger partial charge on any atom is 0.338 e. The lowest BCUT2D eigenvalue weighted by atomic mass is 10.1. The molecule has 0 bridgehead atoms. The SMILES string of the molecule is CCOc1cc(C(=O)OCc2c(Cl)cccc2Cl)cc(OCC)c1OCC. The Morgan fingerprint density at radius 1 is 0.889 bits per heavy atom. The molecule has 0 radical (unpaired) electrons. The van der Waals surface area contributed by atoms with Gasteiger partial charge in [-0.3, -0.25) is 0 Å². The molecular weight excluding hydrogens is 391 g/mol. The molecule has 0 spiro atoms. The second-order valence-corrected chi connectivity index (χ2v) is 6.19. The molecule has 0 amide bonds. The Morgan fingerprint density at radius 2 is 1.41 bits per heavy atom. The number of hydrogen-bond acceptors (Lipinski definition) is 5. The van der Waals surface area contributed by atoms with E-state index in [1.165, 1.54) is 0 Å². The van der Waals surface area contributed by atoms with Gasteiger partial charge < -0.3 is 18.9 Å². The van der Waals surface area contributed by atoms with Crippen molar-refractivity contribution >= 4 is 29.2 Å². The van der Waals surface area contributed by atoms with Crippen molar-refractivity contribution < 1.29 is 23.7 Å². The molecule has 5 nitrogen and oxygen atoms in total. The first-order valence-electron chi connectivity index (χ1n) is 8.68. The predicted molar refractivity (Wildman–Crippen MR) is 106 cm³/mol. The molecule has 0 saturated carbocycles. The van der Waals surface area contributed by atoms with Crippen LogP contribution in [0.15, 0.2) is 30.3 Å². The lowest BCUT2D eigenvalue weighted by Crippen LogP contribution is -2.09. The summed E-state index contributed by atoms with van der Waals surface area (Å²) >= 11 is 12.2. The molecule has 0 unspecified atom stereocenters. The van der Waals surface area contributed by atoms with Crippen LogP contribution in [-0.2, 0) is 11.3 Å². The smallest absolute Gasteiger partial charge is 0.338 e. The highest BCUT2D eigenvalue weighted by atomic mass is 35.5.